The van der Waals surface area contributed by atoms with Crippen LogP contribution in [0.15, 0.2) is 30.3 Å². The summed E-state index contributed by atoms with van der Waals surface area (Å²) in [6.07, 6.45) is 0. The molecule has 0 fully saturated rings. The fourth-order valence-corrected chi connectivity index (χ4v) is 2.01. The summed E-state index contributed by atoms with van der Waals surface area (Å²) in [6.45, 7) is 4.74. The Morgan fingerprint density at radius 3 is 2.30 bits per heavy atom. The number of aryl methyl sites for hydroxylation is 1. The van der Waals surface area contributed by atoms with Crippen molar-refractivity contribution < 1.29 is 13.2 Å². The summed E-state index contributed by atoms with van der Waals surface area (Å²) in [6, 6.07) is 7.37. The average molecular weight is 279 g/mol. The summed E-state index contributed by atoms with van der Waals surface area (Å²) in [5.74, 6) is -2.50. The number of hydrogen-bond donors (Lipinski definition) is 1. The molecular weight excluding hydrogens is 263 g/mol. The molecule has 0 spiro atoms. The molecule has 4 heteroatoms. The zero-order valence-electron chi connectivity index (χ0n) is 11.4. The summed E-state index contributed by atoms with van der Waals surface area (Å²) < 4.78 is 41.5. The van der Waals surface area contributed by atoms with Crippen LogP contribution in [-0.2, 0) is 6.54 Å². The van der Waals surface area contributed by atoms with Crippen molar-refractivity contribution in [2.45, 2.75) is 20.4 Å². The molecule has 0 aliphatic carbocycles. The second kappa shape index (κ2) is 6.09. The molecule has 0 saturated carbocycles. The third-order valence-corrected chi connectivity index (χ3v) is 3.18. The summed E-state index contributed by atoms with van der Waals surface area (Å²) in [7, 11) is 0. The van der Waals surface area contributed by atoms with E-state index in [1.165, 1.54) is 31.2 Å². The quantitative estimate of drug-likeness (QED) is 0.885. The van der Waals surface area contributed by atoms with E-state index >= 15 is 0 Å². The topological polar surface area (TPSA) is 12.0 Å². The van der Waals surface area contributed by atoms with Gasteiger partial charge in [-0.1, -0.05) is 31.2 Å². The molecule has 0 atom stereocenters. The predicted molar refractivity (Wildman–Crippen MR) is 73.9 cm³/mol. The van der Waals surface area contributed by atoms with Crippen LogP contribution >= 0.6 is 0 Å². The Labute approximate surface area is 116 Å². The van der Waals surface area contributed by atoms with Gasteiger partial charge in [0.25, 0.3) is 0 Å². The fraction of sp³-hybridized carbons (Fsp3) is 0.250. The number of hydrogen-bond acceptors (Lipinski definition) is 1. The molecule has 0 heterocycles. The summed E-state index contributed by atoms with van der Waals surface area (Å²) in [5.41, 5.74) is 0.985. The lowest BCUT2D eigenvalue weighted by molar-refractivity contribution is 0.504. The van der Waals surface area contributed by atoms with E-state index in [0.717, 1.165) is 12.1 Å². The molecule has 0 bridgehead atoms. The Kier molecular flexibility index (Phi) is 4.45. The third kappa shape index (κ3) is 2.85. The predicted octanol–water partition coefficient (Wildman–Crippen LogP) is 4.19. The van der Waals surface area contributed by atoms with E-state index in [1.807, 2.05) is 6.92 Å². The monoisotopic (exact) mass is 279 g/mol. The number of rotatable bonds is 4. The second-order valence-corrected chi connectivity index (χ2v) is 4.65. The lowest BCUT2D eigenvalue weighted by atomic mass is 10.0. The lowest BCUT2D eigenvalue weighted by Crippen LogP contribution is -2.11. The van der Waals surface area contributed by atoms with Crippen molar-refractivity contribution in [1.29, 1.82) is 0 Å². The minimum atomic E-state index is -1.01. The Bertz CT molecular complexity index is 623. The van der Waals surface area contributed by atoms with Crippen LogP contribution in [0.2, 0.25) is 0 Å². The molecule has 0 unspecified atom stereocenters. The Balaban J connectivity index is 2.41. The van der Waals surface area contributed by atoms with Gasteiger partial charge < -0.3 is 5.32 Å². The van der Waals surface area contributed by atoms with Crippen molar-refractivity contribution in [3.63, 3.8) is 0 Å². The average Bonchev–Trinajstić information content (AvgIpc) is 2.44. The SMILES string of the molecule is CCNCc1ccc(-c2ccc(C)c(F)c2F)c(F)c1. The van der Waals surface area contributed by atoms with Crippen LogP contribution in [0, 0.1) is 24.4 Å². The van der Waals surface area contributed by atoms with E-state index in [9.17, 15) is 13.2 Å². The highest BCUT2D eigenvalue weighted by molar-refractivity contribution is 5.65. The van der Waals surface area contributed by atoms with Crippen molar-refractivity contribution in [1.82, 2.24) is 5.32 Å². The van der Waals surface area contributed by atoms with Gasteiger partial charge in [0.1, 0.15) is 5.82 Å². The van der Waals surface area contributed by atoms with Crippen LogP contribution in [0.1, 0.15) is 18.1 Å². The third-order valence-electron chi connectivity index (χ3n) is 3.18. The molecule has 2 aromatic rings. The van der Waals surface area contributed by atoms with Crippen molar-refractivity contribution >= 4 is 0 Å². The van der Waals surface area contributed by atoms with E-state index in [1.54, 1.807) is 6.07 Å². The first-order valence-electron chi connectivity index (χ1n) is 6.48. The van der Waals surface area contributed by atoms with E-state index < -0.39 is 17.5 Å². The summed E-state index contributed by atoms with van der Waals surface area (Å²) >= 11 is 0. The van der Waals surface area contributed by atoms with Crippen molar-refractivity contribution in [2.24, 2.45) is 0 Å². The molecule has 1 nitrogen and oxygen atoms in total. The largest absolute Gasteiger partial charge is 0.313 e. The van der Waals surface area contributed by atoms with Crippen LogP contribution in [0.5, 0.6) is 0 Å². The minimum Gasteiger partial charge on any atom is -0.313 e. The molecule has 2 aromatic carbocycles. The number of halogens is 3. The smallest absolute Gasteiger partial charge is 0.167 e. The standard InChI is InChI=1S/C16H16F3N/c1-3-20-9-11-5-7-12(14(17)8-11)13-6-4-10(2)15(18)16(13)19/h4-8,20H,3,9H2,1-2H3. The van der Waals surface area contributed by atoms with Gasteiger partial charge in [-0.15, -0.1) is 0 Å². The van der Waals surface area contributed by atoms with E-state index in [0.29, 0.717) is 6.54 Å². The van der Waals surface area contributed by atoms with E-state index in [-0.39, 0.29) is 16.7 Å². The zero-order chi connectivity index (χ0) is 14.7. The van der Waals surface area contributed by atoms with Gasteiger partial charge in [0, 0.05) is 17.7 Å². The van der Waals surface area contributed by atoms with Gasteiger partial charge in [-0.05, 0) is 30.7 Å². The maximum Gasteiger partial charge on any atom is 0.167 e. The van der Waals surface area contributed by atoms with Gasteiger partial charge in [-0.2, -0.15) is 0 Å². The van der Waals surface area contributed by atoms with Gasteiger partial charge in [0.2, 0.25) is 0 Å². The highest BCUT2D eigenvalue weighted by atomic mass is 19.2. The Hall–Kier alpha value is -1.81. The van der Waals surface area contributed by atoms with Gasteiger partial charge in [0.05, 0.1) is 0 Å². The van der Waals surface area contributed by atoms with Gasteiger partial charge in [-0.3, -0.25) is 0 Å². The molecule has 1 N–H and O–H groups in total. The number of benzene rings is 2. The highest BCUT2D eigenvalue weighted by Crippen LogP contribution is 2.28. The van der Waals surface area contributed by atoms with Crippen LogP contribution in [0.25, 0.3) is 11.1 Å². The first kappa shape index (κ1) is 14.6. The highest BCUT2D eigenvalue weighted by Gasteiger charge is 2.15. The minimum absolute atomic E-state index is 0.0550. The maximum absolute atomic E-state index is 14.1. The number of nitrogens with one attached hydrogen (secondary N) is 1. The van der Waals surface area contributed by atoms with Gasteiger partial charge in [0.15, 0.2) is 11.6 Å². The van der Waals surface area contributed by atoms with Crippen molar-refractivity contribution in [3.05, 3.63) is 58.9 Å². The van der Waals surface area contributed by atoms with E-state index in [2.05, 4.69) is 5.32 Å². The van der Waals surface area contributed by atoms with Crippen LogP contribution in [0.4, 0.5) is 13.2 Å². The molecule has 0 amide bonds. The molecule has 20 heavy (non-hydrogen) atoms. The molecule has 2 rings (SSSR count). The summed E-state index contributed by atoms with van der Waals surface area (Å²) in [5, 5.41) is 3.08. The molecule has 0 saturated heterocycles. The maximum atomic E-state index is 14.1. The van der Waals surface area contributed by atoms with Crippen molar-refractivity contribution in [3.8, 4) is 11.1 Å². The first-order valence-corrected chi connectivity index (χ1v) is 6.48. The molecule has 0 aliphatic rings. The van der Waals surface area contributed by atoms with E-state index in [4.69, 9.17) is 0 Å². The first-order chi connectivity index (χ1) is 9.54. The normalized spacial score (nSPS) is 10.8. The van der Waals surface area contributed by atoms with Crippen LogP contribution in [-0.4, -0.2) is 6.54 Å². The fourth-order valence-electron chi connectivity index (χ4n) is 2.01. The molecule has 0 aromatic heterocycles. The Morgan fingerprint density at radius 1 is 0.950 bits per heavy atom. The lowest BCUT2D eigenvalue weighted by Gasteiger charge is -2.09. The Morgan fingerprint density at radius 2 is 1.65 bits per heavy atom. The van der Waals surface area contributed by atoms with Crippen LogP contribution in [0.3, 0.4) is 0 Å². The van der Waals surface area contributed by atoms with Gasteiger partial charge in [-0.25, -0.2) is 13.2 Å². The van der Waals surface area contributed by atoms with Gasteiger partial charge >= 0.3 is 0 Å². The molecule has 0 aliphatic heterocycles. The molecule has 0 radical (unpaired) electrons. The van der Waals surface area contributed by atoms with Crippen LogP contribution < -0.4 is 5.32 Å². The molecule has 106 valence electrons. The zero-order valence-corrected chi connectivity index (χ0v) is 11.4. The van der Waals surface area contributed by atoms with Crippen molar-refractivity contribution in [2.75, 3.05) is 6.54 Å². The molecular formula is C16H16F3N. The second-order valence-electron chi connectivity index (χ2n) is 4.65. The summed E-state index contributed by atoms with van der Waals surface area (Å²) in [4.78, 5) is 0.